The Hall–Kier alpha value is -2.67. The van der Waals surface area contributed by atoms with Crippen LogP contribution in [0.1, 0.15) is 5.56 Å². The van der Waals surface area contributed by atoms with Crippen molar-refractivity contribution < 1.29 is 14.5 Å². The summed E-state index contributed by atoms with van der Waals surface area (Å²) < 4.78 is 5.95. The molecule has 0 unspecified atom stereocenters. The summed E-state index contributed by atoms with van der Waals surface area (Å²) in [7, 11) is 1.42. The molecule has 0 saturated carbocycles. The summed E-state index contributed by atoms with van der Waals surface area (Å²) in [6.07, 6.45) is 2.99. The fourth-order valence-electron chi connectivity index (χ4n) is 1.86. The molecule has 0 atom stereocenters. The molecule has 23 heavy (non-hydrogen) atoms. The number of methoxy groups -OCH3 is 1. The zero-order valence-corrected chi connectivity index (χ0v) is 13.7. The Bertz CT molecular complexity index is 774. The fourth-order valence-corrected chi connectivity index (χ4v) is 2.27. The summed E-state index contributed by atoms with van der Waals surface area (Å²) in [4.78, 5) is 22.3. The Balaban J connectivity index is 2.18. The van der Waals surface area contributed by atoms with Crippen LogP contribution >= 0.6 is 15.9 Å². The Kier molecular flexibility index (Phi) is 5.48. The number of carbonyl (C=O) groups is 1. The van der Waals surface area contributed by atoms with Crippen molar-refractivity contribution in [3.8, 4) is 5.75 Å². The van der Waals surface area contributed by atoms with Gasteiger partial charge in [0.15, 0.2) is 0 Å². The minimum Gasteiger partial charge on any atom is -0.495 e. The highest BCUT2D eigenvalue weighted by Gasteiger charge is 2.12. The third kappa shape index (κ3) is 4.40. The number of nitro benzene ring substituents is 1. The van der Waals surface area contributed by atoms with Gasteiger partial charge >= 0.3 is 0 Å². The molecule has 0 radical (unpaired) electrons. The van der Waals surface area contributed by atoms with Crippen LogP contribution in [0.3, 0.4) is 0 Å². The molecule has 2 rings (SSSR count). The molecule has 1 N–H and O–H groups in total. The third-order valence-corrected chi connectivity index (χ3v) is 3.69. The van der Waals surface area contributed by atoms with E-state index >= 15 is 0 Å². The third-order valence-electron chi connectivity index (χ3n) is 2.97. The number of ether oxygens (including phenoxy) is 1. The van der Waals surface area contributed by atoms with Gasteiger partial charge in [0.1, 0.15) is 5.75 Å². The van der Waals surface area contributed by atoms with E-state index in [2.05, 4.69) is 21.2 Å². The van der Waals surface area contributed by atoms with Crippen molar-refractivity contribution in [2.45, 2.75) is 0 Å². The molecule has 0 spiro atoms. The van der Waals surface area contributed by atoms with E-state index in [9.17, 15) is 14.9 Å². The average Bonchev–Trinajstić information content (AvgIpc) is 2.54. The molecule has 6 nitrogen and oxygen atoms in total. The Morgan fingerprint density at radius 1 is 1.30 bits per heavy atom. The molecular weight excluding hydrogens is 364 g/mol. The molecule has 0 aliphatic rings. The van der Waals surface area contributed by atoms with E-state index in [0.29, 0.717) is 5.75 Å². The molecule has 0 heterocycles. The summed E-state index contributed by atoms with van der Waals surface area (Å²) in [5.41, 5.74) is 0.952. The van der Waals surface area contributed by atoms with Crippen LogP contribution < -0.4 is 10.1 Å². The first-order valence-corrected chi connectivity index (χ1v) is 7.36. The molecular formula is C16H13BrN2O4. The zero-order valence-electron chi connectivity index (χ0n) is 12.2. The molecule has 0 aliphatic heterocycles. The van der Waals surface area contributed by atoms with Gasteiger partial charge in [0.25, 0.3) is 5.69 Å². The predicted octanol–water partition coefficient (Wildman–Crippen LogP) is 4.02. The number of nitro groups is 1. The topological polar surface area (TPSA) is 81.5 Å². The second kappa shape index (κ2) is 7.55. The lowest BCUT2D eigenvalue weighted by molar-refractivity contribution is -0.384. The van der Waals surface area contributed by atoms with E-state index in [1.807, 2.05) is 24.3 Å². The second-order valence-corrected chi connectivity index (χ2v) is 5.34. The summed E-state index contributed by atoms with van der Waals surface area (Å²) >= 11 is 3.38. The molecule has 0 aliphatic carbocycles. The van der Waals surface area contributed by atoms with Crippen molar-refractivity contribution in [2.24, 2.45) is 0 Å². The lowest BCUT2D eigenvalue weighted by Crippen LogP contribution is -2.09. The maximum atomic E-state index is 12.0. The van der Waals surface area contributed by atoms with Gasteiger partial charge in [-0.2, -0.15) is 0 Å². The Morgan fingerprint density at radius 3 is 2.70 bits per heavy atom. The molecule has 1 amide bonds. The minimum atomic E-state index is -0.536. The first kappa shape index (κ1) is 16.7. The first-order chi connectivity index (χ1) is 11.0. The maximum absolute atomic E-state index is 12.0. The van der Waals surface area contributed by atoms with Gasteiger partial charge in [-0.1, -0.05) is 34.1 Å². The smallest absolute Gasteiger partial charge is 0.271 e. The number of anilines is 1. The summed E-state index contributed by atoms with van der Waals surface area (Å²) in [6.45, 7) is 0. The lowest BCUT2D eigenvalue weighted by Gasteiger charge is -2.08. The molecule has 2 aromatic rings. The molecule has 7 heteroatoms. The van der Waals surface area contributed by atoms with Crippen LogP contribution in [-0.4, -0.2) is 17.9 Å². The van der Waals surface area contributed by atoms with E-state index < -0.39 is 10.8 Å². The largest absolute Gasteiger partial charge is 0.495 e. The van der Waals surface area contributed by atoms with Crippen molar-refractivity contribution >= 4 is 39.3 Å². The number of nitrogens with one attached hydrogen (secondary N) is 1. The Morgan fingerprint density at radius 2 is 2.04 bits per heavy atom. The second-order valence-electron chi connectivity index (χ2n) is 4.49. The van der Waals surface area contributed by atoms with E-state index in [1.54, 1.807) is 6.08 Å². The summed E-state index contributed by atoms with van der Waals surface area (Å²) in [5.74, 6) is -0.0715. The summed E-state index contributed by atoms with van der Waals surface area (Å²) in [6, 6.07) is 11.4. The van der Waals surface area contributed by atoms with Crippen LogP contribution in [0.4, 0.5) is 11.4 Å². The molecule has 0 saturated heterocycles. The van der Waals surface area contributed by atoms with Crippen LogP contribution in [0, 0.1) is 10.1 Å². The fraction of sp³-hybridized carbons (Fsp3) is 0.0625. The maximum Gasteiger partial charge on any atom is 0.271 e. The van der Waals surface area contributed by atoms with Crippen molar-refractivity contribution in [2.75, 3.05) is 12.4 Å². The Labute approximate surface area is 141 Å². The number of rotatable bonds is 5. The summed E-state index contributed by atoms with van der Waals surface area (Å²) in [5, 5.41) is 13.4. The van der Waals surface area contributed by atoms with E-state index in [-0.39, 0.29) is 11.4 Å². The van der Waals surface area contributed by atoms with Crippen molar-refractivity contribution in [3.05, 3.63) is 68.7 Å². The SMILES string of the molecule is COc1ccc([N+](=O)[O-])cc1NC(=O)/C=C/c1ccccc1Br. The van der Waals surface area contributed by atoms with Gasteiger partial charge in [-0.25, -0.2) is 0 Å². The number of carbonyl (C=O) groups excluding carboxylic acids is 1. The van der Waals surface area contributed by atoms with E-state index in [1.165, 1.54) is 31.4 Å². The van der Waals surface area contributed by atoms with Crippen LogP contribution in [0.15, 0.2) is 53.0 Å². The average molecular weight is 377 g/mol. The molecule has 118 valence electrons. The number of amides is 1. The predicted molar refractivity (Wildman–Crippen MR) is 91.5 cm³/mol. The monoisotopic (exact) mass is 376 g/mol. The number of halogens is 1. The van der Waals surface area contributed by atoms with Crippen LogP contribution in [0.5, 0.6) is 5.75 Å². The zero-order chi connectivity index (χ0) is 16.8. The van der Waals surface area contributed by atoms with Gasteiger partial charge in [-0.3, -0.25) is 14.9 Å². The van der Waals surface area contributed by atoms with Gasteiger partial charge in [-0.05, 0) is 23.8 Å². The molecule has 0 fully saturated rings. The number of benzene rings is 2. The molecule has 0 bridgehead atoms. The highest BCUT2D eigenvalue weighted by atomic mass is 79.9. The van der Waals surface area contributed by atoms with Crippen LogP contribution in [0.25, 0.3) is 6.08 Å². The van der Waals surface area contributed by atoms with Gasteiger partial charge in [-0.15, -0.1) is 0 Å². The van der Waals surface area contributed by atoms with E-state index in [4.69, 9.17) is 4.74 Å². The van der Waals surface area contributed by atoms with Gasteiger partial charge < -0.3 is 10.1 Å². The van der Waals surface area contributed by atoms with Crippen molar-refractivity contribution in [1.29, 1.82) is 0 Å². The van der Waals surface area contributed by atoms with Gasteiger partial charge in [0.2, 0.25) is 5.91 Å². The van der Waals surface area contributed by atoms with Crippen molar-refractivity contribution in [3.63, 3.8) is 0 Å². The lowest BCUT2D eigenvalue weighted by atomic mass is 10.2. The number of nitrogens with zero attached hydrogens (tertiary/aromatic N) is 1. The molecule has 2 aromatic carbocycles. The van der Waals surface area contributed by atoms with Gasteiger partial charge in [0, 0.05) is 22.7 Å². The quantitative estimate of drug-likeness (QED) is 0.485. The highest BCUT2D eigenvalue weighted by Crippen LogP contribution is 2.28. The van der Waals surface area contributed by atoms with Crippen molar-refractivity contribution in [1.82, 2.24) is 0 Å². The number of hydrogen-bond acceptors (Lipinski definition) is 4. The van der Waals surface area contributed by atoms with Gasteiger partial charge in [0.05, 0.1) is 17.7 Å². The normalized spacial score (nSPS) is 10.5. The standard InChI is InChI=1S/C16H13BrN2O4/c1-23-15-8-7-12(19(21)22)10-14(15)18-16(20)9-6-11-4-2-3-5-13(11)17/h2-10H,1H3,(H,18,20)/b9-6+. The first-order valence-electron chi connectivity index (χ1n) is 6.57. The highest BCUT2D eigenvalue weighted by molar-refractivity contribution is 9.10. The van der Waals surface area contributed by atoms with Crippen LogP contribution in [-0.2, 0) is 4.79 Å². The minimum absolute atomic E-state index is 0.129. The molecule has 0 aromatic heterocycles. The van der Waals surface area contributed by atoms with Crippen LogP contribution in [0.2, 0.25) is 0 Å². The number of non-ortho nitro benzene ring substituents is 1. The number of hydrogen-bond donors (Lipinski definition) is 1. The van der Waals surface area contributed by atoms with E-state index in [0.717, 1.165) is 10.0 Å².